The third-order valence-electron chi connectivity index (χ3n) is 3.77. The van der Waals surface area contributed by atoms with Crippen molar-refractivity contribution in [3.05, 3.63) is 24.3 Å². The van der Waals surface area contributed by atoms with Crippen molar-refractivity contribution < 1.29 is 19.1 Å². The zero-order valence-corrected chi connectivity index (χ0v) is 12.5. The van der Waals surface area contributed by atoms with Gasteiger partial charge in [-0.1, -0.05) is 6.07 Å². The number of rotatable bonds is 3. The number of hydrogen-bond acceptors (Lipinski definition) is 4. The maximum Gasteiger partial charge on any atom is 0.414 e. The fraction of sp³-hybridized carbons (Fsp3) is 0.400. The molecule has 1 aromatic rings. The molecular weight excluding hydrogens is 300 g/mol. The summed E-state index contributed by atoms with van der Waals surface area (Å²) in [5.41, 5.74) is 1.19. The molecule has 1 atom stereocenters. The maximum atomic E-state index is 12.0. The van der Waals surface area contributed by atoms with Crippen LogP contribution in [-0.2, 0) is 9.53 Å². The molecule has 0 unspecified atom stereocenters. The normalized spacial score (nSPS) is 20.7. The van der Waals surface area contributed by atoms with Crippen molar-refractivity contribution in [1.29, 1.82) is 0 Å². The Labute approximate surface area is 133 Å². The summed E-state index contributed by atoms with van der Waals surface area (Å²) in [4.78, 5) is 36.7. The van der Waals surface area contributed by atoms with Crippen molar-refractivity contribution in [2.75, 3.05) is 29.9 Å². The number of benzene rings is 1. The molecule has 2 aliphatic heterocycles. The Morgan fingerprint density at radius 1 is 1.35 bits per heavy atom. The standard InChI is InChI=1S/C15H18N4O4/c20-13-12(5-2-6-16-13)18-14(21)17-10-3-1-4-11(9-10)19-7-8-23-15(19)22/h1,3-4,9,12H,2,5-8H2,(H,16,20)(H2,17,18,21)/t12-/m1/s1. The molecule has 0 saturated carbocycles. The molecule has 8 nitrogen and oxygen atoms in total. The minimum absolute atomic E-state index is 0.167. The molecule has 2 heterocycles. The first-order chi connectivity index (χ1) is 11.1. The summed E-state index contributed by atoms with van der Waals surface area (Å²) >= 11 is 0. The van der Waals surface area contributed by atoms with Crippen LogP contribution in [0, 0.1) is 0 Å². The van der Waals surface area contributed by atoms with Crippen LogP contribution in [-0.4, -0.2) is 43.8 Å². The Hall–Kier alpha value is -2.77. The second kappa shape index (κ2) is 6.55. The van der Waals surface area contributed by atoms with Gasteiger partial charge in [0.15, 0.2) is 0 Å². The summed E-state index contributed by atoms with van der Waals surface area (Å²) in [5.74, 6) is -0.167. The second-order valence-corrected chi connectivity index (χ2v) is 5.40. The molecule has 8 heteroatoms. The van der Waals surface area contributed by atoms with E-state index in [2.05, 4.69) is 16.0 Å². The zero-order valence-electron chi connectivity index (χ0n) is 12.5. The number of carbonyl (C=O) groups is 3. The number of amides is 4. The minimum Gasteiger partial charge on any atom is -0.447 e. The average molecular weight is 318 g/mol. The molecule has 3 rings (SSSR count). The summed E-state index contributed by atoms with van der Waals surface area (Å²) in [6.45, 7) is 1.48. The molecule has 2 fully saturated rings. The first kappa shape index (κ1) is 15.1. The highest BCUT2D eigenvalue weighted by molar-refractivity contribution is 5.95. The topological polar surface area (TPSA) is 99.8 Å². The minimum atomic E-state index is -0.513. The van der Waals surface area contributed by atoms with Crippen LogP contribution in [0.2, 0.25) is 0 Å². The van der Waals surface area contributed by atoms with Crippen LogP contribution in [0.5, 0.6) is 0 Å². The van der Waals surface area contributed by atoms with E-state index in [9.17, 15) is 14.4 Å². The molecule has 3 N–H and O–H groups in total. The molecule has 4 amide bonds. The summed E-state index contributed by atoms with van der Waals surface area (Å²) < 4.78 is 4.90. The summed E-state index contributed by atoms with van der Waals surface area (Å²) in [6.07, 6.45) is 1.06. The van der Waals surface area contributed by atoms with Gasteiger partial charge in [0.05, 0.1) is 6.54 Å². The average Bonchev–Trinajstić information content (AvgIpc) is 2.96. The van der Waals surface area contributed by atoms with Crippen LogP contribution in [0.15, 0.2) is 24.3 Å². The molecule has 0 aliphatic carbocycles. The Morgan fingerprint density at radius 3 is 2.96 bits per heavy atom. The van der Waals surface area contributed by atoms with Gasteiger partial charge in [-0.3, -0.25) is 9.69 Å². The number of piperidine rings is 1. The summed E-state index contributed by atoms with van der Waals surface area (Å²) in [6, 6.07) is 5.95. The van der Waals surface area contributed by atoms with E-state index in [1.54, 1.807) is 24.3 Å². The molecule has 1 aromatic carbocycles. The van der Waals surface area contributed by atoms with Gasteiger partial charge < -0.3 is 20.7 Å². The molecule has 0 aromatic heterocycles. The monoisotopic (exact) mass is 318 g/mol. The van der Waals surface area contributed by atoms with E-state index in [1.807, 2.05) is 0 Å². The number of nitrogens with one attached hydrogen (secondary N) is 3. The van der Waals surface area contributed by atoms with E-state index in [4.69, 9.17) is 4.74 Å². The van der Waals surface area contributed by atoms with E-state index in [1.165, 1.54) is 4.90 Å². The highest BCUT2D eigenvalue weighted by atomic mass is 16.6. The maximum absolute atomic E-state index is 12.0. The Morgan fingerprint density at radius 2 is 2.22 bits per heavy atom. The van der Waals surface area contributed by atoms with Gasteiger partial charge in [0.1, 0.15) is 12.6 Å². The van der Waals surface area contributed by atoms with Gasteiger partial charge >= 0.3 is 12.1 Å². The number of hydrogen-bond donors (Lipinski definition) is 3. The van der Waals surface area contributed by atoms with Gasteiger partial charge in [0, 0.05) is 17.9 Å². The largest absolute Gasteiger partial charge is 0.447 e. The predicted octanol–water partition coefficient (Wildman–Crippen LogP) is 1.04. The van der Waals surface area contributed by atoms with Gasteiger partial charge in [-0.2, -0.15) is 0 Å². The number of nitrogens with zero attached hydrogens (tertiary/aromatic N) is 1. The van der Waals surface area contributed by atoms with Crippen molar-refractivity contribution in [2.45, 2.75) is 18.9 Å². The lowest BCUT2D eigenvalue weighted by Crippen LogP contribution is -2.51. The lowest BCUT2D eigenvalue weighted by molar-refractivity contribution is -0.124. The van der Waals surface area contributed by atoms with E-state index >= 15 is 0 Å². The number of carbonyl (C=O) groups excluding carboxylic acids is 3. The summed E-state index contributed by atoms with van der Waals surface area (Å²) in [7, 11) is 0. The zero-order chi connectivity index (χ0) is 16.2. The van der Waals surface area contributed by atoms with E-state index in [0.29, 0.717) is 37.5 Å². The van der Waals surface area contributed by atoms with Crippen LogP contribution in [0.4, 0.5) is 21.0 Å². The van der Waals surface area contributed by atoms with Gasteiger partial charge in [-0.25, -0.2) is 9.59 Å². The molecule has 0 radical (unpaired) electrons. The van der Waals surface area contributed by atoms with Crippen molar-refractivity contribution in [1.82, 2.24) is 10.6 Å². The van der Waals surface area contributed by atoms with Gasteiger partial charge in [-0.15, -0.1) is 0 Å². The fourth-order valence-corrected chi connectivity index (χ4v) is 2.61. The number of urea groups is 1. The quantitative estimate of drug-likeness (QED) is 0.775. The lowest BCUT2D eigenvalue weighted by Gasteiger charge is -2.23. The lowest BCUT2D eigenvalue weighted by atomic mass is 10.1. The fourth-order valence-electron chi connectivity index (χ4n) is 2.61. The van der Waals surface area contributed by atoms with Gasteiger partial charge in [-0.05, 0) is 31.0 Å². The first-order valence-corrected chi connectivity index (χ1v) is 7.53. The van der Waals surface area contributed by atoms with Crippen LogP contribution < -0.4 is 20.9 Å². The molecule has 0 spiro atoms. The highest BCUT2D eigenvalue weighted by Crippen LogP contribution is 2.22. The molecule has 0 bridgehead atoms. The Bertz CT molecular complexity index is 634. The van der Waals surface area contributed by atoms with E-state index in [0.717, 1.165) is 6.42 Å². The molecule has 122 valence electrons. The predicted molar refractivity (Wildman–Crippen MR) is 83.3 cm³/mol. The summed E-state index contributed by atoms with van der Waals surface area (Å²) in [5, 5.41) is 8.04. The van der Waals surface area contributed by atoms with Crippen LogP contribution >= 0.6 is 0 Å². The van der Waals surface area contributed by atoms with E-state index in [-0.39, 0.29) is 5.91 Å². The smallest absolute Gasteiger partial charge is 0.414 e. The number of anilines is 2. The first-order valence-electron chi connectivity index (χ1n) is 7.53. The molecular formula is C15H18N4O4. The van der Waals surface area contributed by atoms with E-state index < -0.39 is 18.2 Å². The highest BCUT2D eigenvalue weighted by Gasteiger charge is 2.25. The molecule has 23 heavy (non-hydrogen) atoms. The van der Waals surface area contributed by atoms with Crippen LogP contribution in [0.25, 0.3) is 0 Å². The molecule has 2 saturated heterocycles. The third kappa shape index (κ3) is 3.53. The Kier molecular flexibility index (Phi) is 4.31. The van der Waals surface area contributed by atoms with Crippen LogP contribution in [0.1, 0.15) is 12.8 Å². The van der Waals surface area contributed by atoms with Gasteiger partial charge in [0.25, 0.3) is 0 Å². The van der Waals surface area contributed by atoms with Crippen molar-refractivity contribution >= 4 is 29.4 Å². The second-order valence-electron chi connectivity index (χ2n) is 5.40. The van der Waals surface area contributed by atoms with Crippen molar-refractivity contribution in [3.8, 4) is 0 Å². The Balaban J connectivity index is 1.62. The molecule has 2 aliphatic rings. The number of ether oxygens (including phenoxy) is 1. The number of cyclic esters (lactones) is 1. The van der Waals surface area contributed by atoms with Crippen molar-refractivity contribution in [3.63, 3.8) is 0 Å². The van der Waals surface area contributed by atoms with Gasteiger partial charge in [0.2, 0.25) is 5.91 Å². The SMILES string of the molecule is O=C(Nc1cccc(N2CCOC2=O)c1)N[C@@H]1CCCNC1=O. The van der Waals surface area contributed by atoms with Crippen LogP contribution in [0.3, 0.4) is 0 Å². The van der Waals surface area contributed by atoms with Crippen molar-refractivity contribution in [2.24, 2.45) is 0 Å². The third-order valence-corrected chi connectivity index (χ3v) is 3.77.